The molecule has 5 rings (SSSR count). The molecule has 0 spiro atoms. The monoisotopic (exact) mass is 336 g/mol. The molecule has 7 atom stereocenters. The third-order valence-corrected chi connectivity index (χ3v) is 4.33. The third kappa shape index (κ3) is 2.48. The Bertz CT molecular complexity index is 647. The maximum absolute atomic E-state index is 12.3. The summed E-state index contributed by atoms with van der Waals surface area (Å²) in [4.78, 5) is 23.7. The van der Waals surface area contributed by atoms with Crippen LogP contribution in [0.2, 0.25) is 0 Å². The summed E-state index contributed by atoms with van der Waals surface area (Å²) in [6, 6.07) is 8.44. The van der Waals surface area contributed by atoms with Gasteiger partial charge in [-0.25, -0.2) is 4.79 Å². The van der Waals surface area contributed by atoms with Crippen LogP contribution in [-0.2, 0) is 28.5 Å². The van der Waals surface area contributed by atoms with Gasteiger partial charge in [-0.2, -0.15) is 0 Å². The van der Waals surface area contributed by atoms with Crippen molar-refractivity contribution < 1.29 is 38.4 Å². The summed E-state index contributed by atoms with van der Waals surface area (Å²) in [6.07, 6.45) is -5.21. The van der Waals surface area contributed by atoms with Gasteiger partial charge in [0.25, 0.3) is 6.48 Å². The van der Waals surface area contributed by atoms with Crippen LogP contribution in [0.3, 0.4) is 0 Å². The van der Waals surface area contributed by atoms with Gasteiger partial charge in [0.1, 0.15) is 24.4 Å². The molecule has 0 radical (unpaired) electrons. The Morgan fingerprint density at radius 1 is 0.958 bits per heavy atom. The maximum atomic E-state index is 12.3. The minimum atomic E-state index is -1.10. The maximum Gasteiger partial charge on any atom is 0.338 e. The number of hydrogen-bond acceptors (Lipinski definition) is 8. The summed E-state index contributed by atoms with van der Waals surface area (Å²) in [5.41, 5.74) is 0.362. The molecular weight excluding hydrogens is 320 g/mol. The van der Waals surface area contributed by atoms with E-state index < -0.39 is 55.0 Å². The van der Waals surface area contributed by atoms with E-state index in [0.717, 1.165) is 0 Å². The Kier molecular flexibility index (Phi) is 3.76. The van der Waals surface area contributed by atoms with Gasteiger partial charge in [-0.05, 0) is 12.1 Å². The van der Waals surface area contributed by atoms with E-state index in [1.165, 1.54) is 6.92 Å². The van der Waals surface area contributed by atoms with E-state index in [0.29, 0.717) is 5.56 Å². The van der Waals surface area contributed by atoms with Gasteiger partial charge in [-0.15, -0.1) is 0 Å². The molecule has 8 heteroatoms. The molecule has 4 bridgehead atoms. The van der Waals surface area contributed by atoms with Crippen LogP contribution >= 0.6 is 0 Å². The second kappa shape index (κ2) is 5.82. The summed E-state index contributed by atoms with van der Waals surface area (Å²) in [5.74, 6) is -1.11. The number of carbonyl (C=O) groups is 2. The number of aliphatic hydroxyl groups is 1. The largest absolute Gasteiger partial charge is 0.457 e. The van der Waals surface area contributed by atoms with Crippen molar-refractivity contribution in [3.63, 3.8) is 0 Å². The lowest BCUT2D eigenvalue weighted by Crippen LogP contribution is -2.76. The van der Waals surface area contributed by atoms with E-state index in [9.17, 15) is 14.7 Å². The summed E-state index contributed by atoms with van der Waals surface area (Å²) < 4.78 is 27.0. The third-order valence-electron chi connectivity index (χ3n) is 4.33. The second-order valence-electron chi connectivity index (χ2n) is 5.89. The molecule has 4 aliphatic rings. The van der Waals surface area contributed by atoms with Crippen molar-refractivity contribution in [1.82, 2.24) is 0 Å². The van der Waals surface area contributed by atoms with E-state index in [1.54, 1.807) is 30.3 Å². The molecule has 3 saturated heterocycles. The normalized spacial score (nSPS) is 39.5. The van der Waals surface area contributed by atoms with Crippen molar-refractivity contribution in [2.45, 2.75) is 50.0 Å². The first-order valence-electron chi connectivity index (χ1n) is 7.62. The highest BCUT2D eigenvalue weighted by Crippen LogP contribution is 2.42. The summed E-state index contributed by atoms with van der Waals surface area (Å²) in [5, 5.41) is 10.4. The van der Waals surface area contributed by atoms with Crippen molar-refractivity contribution in [1.29, 1.82) is 0 Å². The standard InChI is InChI=1S/C16H16O8/c1-7(17)20-12-10-9(18)11-13(14(12)24-16(22-10)23-11)21-15(19)8-5-3-2-4-6-8/h2-6,9-14,16,18H,1H3/t9-,10-,11+,12+,13+,14-,16+/m1/s1. The first-order chi connectivity index (χ1) is 11.5. The van der Waals surface area contributed by atoms with E-state index in [2.05, 4.69) is 0 Å². The molecule has 0 unspecified atom stereocenters. The topological polar surface area (TPSA) is 101 Å². The van der Waals surface area contributed by atoms with Crippen molar-refractivity contribution in [2.24, 2.45) is 0 Å². The molecule has 0 amide bonds. The predicted octanol–water partition coefficient (Wildman–Crippen LogP) is -0.0154. The molecule has 0 aromatic heterocycles. The van der Waals surface area contributed by atoms with E-state index in [4.69, 9.17) is 23.7 Å². The predicted molar refractivity (Wildman–Crippen MR) is 75.6 cm³/mol. The zero-order valence-electron chi connectivity index (χ0n) is 12.7. The number of benzene rings is 1. The Hall–Kier alpha value is -2.00. The van der Waals surface area contributed by atoms with Crippen LogP contribution in [0.1, 0.15) is 17.3 Å². The average Bonchev–Trinajstić information content (AvgIpc) is 2.57. The smallest absolute Gasteiger partial charge is 0.338 e. The van der Waals surface area contributed by atoms with E-state index >= 15 is 0 Å². The zero-order chi connectivity index (χ0) is 16.8. The van der Waals surface area contributed by atoms with Gasteiger partial charge in [0.2, 0.25) is 0 Å². The number of hydrogen-bond donors (Lipinski definition) is 1. The fraction of sp³-hybridized carbons (Fsp3) is 0.500. The second-order valence-corrected chi connectivity index (χ2v) is 5.89. The lowest BCUT2D eigenvalue weighted by atomic mass is 9.82. The van der Waals surface area contributed by atoms with Gasteiger partial charge in [0.15, 0.2) is 12.2 Å². The Labute approximate surface area is 137 Å². The van der Waals surface area contributed by atoms with Gasteiger partial charge in [-0.3, -0.25) is 4.79 Å². The average molecular weight is 336 g/mol. The summed E-state index contributed by atoms with van der Waals surface area (Å²) in [7, 11) is 0. The lowest BCUT2D eigenvalue weighted by Gasteiger charge is -2.56. The van der Waals surface area contributed by atoms with Crippen LogP contribution < -0.4 is 0 Å². The van der Waals surface area contributed by atoms with Gasteiger partial charge in [0.05, 0.1) is 5.56 Å². The molecule has 3 aliphatic heterocycles. The van der Waals surface area contributed by atoms with Crippen molar-refractivity contribution in [2.75, 3.05) is 0 Å². The molecule has 128 valence electrons. The highest BCUT2D eigenvalue weighted by molar-refractivity contribution is 5.89. The van der Waals surface area contributed by atoms with Gasteiger partial charge < -0.3 is 28.8 Å². The number of rotatable bonds is 3. The molecule has 1 aromatic carbocycles. The fourth-order valence-electron chi connectivity index (χ4n) is 3.31. The fourth-order valence-corrected chi connectivity index (χ4v) is 3.31. The Balaban J connectivity index is 1.58. The number of carbonyl (C=O) groups excluding carboxylic acids is 2. The molecule has 1 aliphatic carbocycles. The molecule has 1 N–H and O–H groups in total. The highest BCUT2D eigenvalue weighted by atomic mass is 16.9. The van der Waals surface area contributed by atoms with Gasteiger partial charge in [-0.1, -0.05) is 18.2 Å². The molecule has 4 fully saturated rings. The zero-order valence-corrected chi connectivity index (χ0v) is 12.7. The molecule has 24 heavy (non-hydrogen) atoms. The Morgan fingerprint density at radius 3 is 2.17 bits per heavy atom. The first kappa shape index (κ1) is 15.5. The number of aliphatic hydroxyl groups excluding tert-OH is 1. The van der Waals surface area contributed by atoms with Crippen molar-refractivity contribution >= 4 is 11.9 Å². The summed E-state index contributed by atoms with van der Waals surface area (Å²) in [6.45, 7) is 0.283. The van der Waals surface area contributed by atoms with Crippen LogP contribution in [0, 0.1) is 0 Å². The molecule has 3 heterocycles. The van der Waals surface area contributed by atoms with Gasteiger partial charge in [0, 0.05) is 6.92 Å². The van der Waals surface area contributed by atoms with Crippen LogP contribution in [0.25, 0.3) is 0 Å². The van der Waals surface area contributed by atoms with Crippen molar-refractivity contribution in [3.05, 3.63) is 35.9 Å². The molecule has 8 nitrogen and oxygen atoms in total. The molecular formula is C16H16O8. The van der Waals surface area contributed by atoms with Crippen molar-refractivity contribution in [3.8, 4) is 0 Å². The molecule has 1 saturated carbocycles. The minimum Gasteiger partial charge on any atom is -0.457 e. The van der Waals surface area contributed by atoms with Gasteiger partial charge >= 0.3 is 11.9 Å². The summed E-state index contributed by atoms with van der Waals surface area (Å²) >= 11 is 0. The van der Waals surface area contributed by atoms with Crippen LogP contribution in [0.4, 0.5) is 0 Å². The van der Waals surface area contributed by atoms with Crippen LogP contribution in [-0.4, -0.2) is 60.1 Å². The number of esters is 2. The number of ether oxygens (including phenoxy) is 5. The lowest BCUT2D eigenvalue weighted by molar-refractivity contribution is -0.479. The highest BCUT2D eigenvalue weighted by Gasteiger charge is 2.64. The Morgan fingerprint density at radius 2 is 1.54 bits per heavy atom. The molecule has 1 aromatic rings. The van der Waals surface area contributed by atoms with E-state index in [-0.39, 0.29) is 0 Å². The SMILES string of the molecule is CC(=O)O[C@@H]1[C@H]2O[C@H]3O[C@@H]1[C@@H](O)[C@H](O3)[C@@H]2OC(=O)c1ccccc1. The first-order valence-corrected chi connectivity index (χ1v) is 7.62. The van der Waals surface area contributed by atoms with Crippen LogP contribution in [0.5, 0.6) is 0 Å². The quantitative estimate of drug-likeness (QED) is 0.769. The van der Waals surface area contributed by atoms with E-state index in [1.807, 2.05) is 0 Å². The minimum absolute atomic E-state index is 0.362. The van der Waals surface area contributed by atoms with Crippen LogP contribution in [0.15, 0.2) is 30.3 Å².